The van der Waals surface area contributed by atoms with Crippen molar-refractivity contribution in [3.05, 3.63) is 30.0 Å². The molecule has 0 atom stereocenters. The van der Waals surface area contributed by atoms with Crippen molar-refractivity contribution in [2.45, 2.75) is 43.9 Å². The van der Waals surface area contributed by atoms with Crippen molar-refractivity contribution < 1.29 is 12.8 Å². The summed E-state index contributed by atoms with van der Waals surface area (Å²) in [6, 6.07) is 8.71. The number of piperidine rings is 2. The van der Waals surface area contributed by atoms with Gasteiger partial charge in [-0.05, 0) is 62.3 Å². The average molecular weight is 415 g/mol. The number of rotatable bonds is 4. The van der Waals surface area contributed by atoms with E-state index in [9.17, 15) is 13.7 Å². The number of nitriles is 1. The predicted molar refractivity (Wildman–Crippen MR) is 110 cm³/mol. The molecule has 154 valence electrons. The lowest BCUT2D eigenvalue weighted by molar-refractivity contribution is 0.288. The Hall–Kier alpha value is -2.37. The fourth-order valence-corrected chi connectivity index (χ4v) is 5.43. The zero-order chi connectivity index (χ0) is 20.4. The monoisotopic (exact) mass is 414 g/mol. The molecule has 8 heteroatoms. The topological polar surface area (TPSA) is 90.4 Å². The lowest BCUT2D eigenvalue weighted by atomic mass is 10.0. The summed E-state index contributed by atoms with van der Waals surface area (Å²) in [7, 11) is -3.49. The molecule has 7 nitrogen and oxygen atoms in total. The van der Waals surface area contributed by atoms with E-state index in [2.05, 4.69) is 22.9 Å². The molecule has 0 bridgehead atoms. The van der Waals surface area contributed by atoms with E-state index in [0.717, 1.165) is 38.8 Å². The standard InChI is InChI=1S/C21H26N4O3S/c1-16-9-13-25(14-10-16)29(26,27)18-7-5-17(6-8-18)20-23-19(15-22)21(28-20)24-11-3-2-4-12-24/h5-8,16H,2-4,9-14H2,1H3. The maximum absolute atomic E-state index is 12.9. The van der Waals surface area contributed by atoms with Crippen LogP contribution in [0, 0.1) is 17.2 Å². The molecular formula is C21H26N4O3S. The smallest absolute Gasteiger partial charge is 0.243 e. The van der Waals surface area contributed by atoms with Gasteiger partial charge in [0.25, 0.3) is 0 Å². The van der Waals surface area contributed by atoms with Crippen LogP contribution in [-0.2, 0) is 10.0 Å². The normalized spacial score (nSPS) is 19.2. The molecule has 2 aromatic rings. The minimum atomic E-state index is -3.49. The summed E-state index contributed by atoms with van der Waals surface area (Å²) in [6.07, 6.45) is 5.12. The van der Waals surface area contributed by atoms with Crippen molar-refractivity contribution in [2.75, 3.05) is 31.1 Å². The molecule has 3 heterocycles. The summed E-state index contributed by atoms with van der Waals surface area (Å²) in [5.74, 6) is 1.43. The van der Waals surface area contributed by atoms with Crippen molar-refractivity contribution in [1.29, 1.82) is 5.26 Å². The van der Waals surface area contributed by atoms with Crippen LogP contribution in [-0.4, -0.2) is 43.9 Å². The fraction of sp³-hybridized carbons (Fsp3) is 0.524. The second kappa shape index (κ2) is 8.17. The molecule has 0 unspecified atom stereocenters. The van der Waals surface area contributed by atoms with Crippen molar-refractivity contribution in [2.24, 2.45) is 5.92 Å². The van der Waals surface area contributed by atoms with E-state index < -0.39 is 10.0 Å². The Morgan fingerprint density at radius 3 is 2.34 bits per heavy atom. The summed E-state index contributed by atoms with van der Waals surface area (Å²) in [4.78, 5) is 6.68. The highest BCUT2D eigenvalue weighted by Gasteiger charge is 2.28. The number of hydrogen-bond acceptors (Lipinski definition) is 6. The maximum Gasteiger partial charge on any atom is 0.243 e. The van der Waals surface area contributed by atoms with Crippen LogP contribution >= 0.6 is 0 Å². The van der Waals surface area contributed by atoms with Gasteiger partial charge in [0.1, 0.15) is 6.07 Å². The molecule has 2 saturated heterocycles. The number of nitrogens with zero attached hydrogens (tertiary/aromatic N) is 4. The molecule has 0 amide bonds. The molecular weight excluding hydrogens is 388 g/mol. The Bertz CT molecular complexity index is 994. The number of hydrogen-bond donors (Lipinski definition) is 0. The highest BCUT2D eigenvalue weighted by Crippen LogP contribution is 2.31. The molecule has 0 radical (unpaired) electrons. The van der Waals surface area contributed by atoms with Crippen LogP contribution in [0.1, 0.15) is 44.7 Å². The van der Waals surface area contributed by atoms with Gasteiger partial charge < -0.3 is 9.32 Å². The van der Waals surface area contributed by atoms with E-state index in [1.807, 2.05) is 0 Å². The van der Waals surface area contributed by atoms with Gasteiger partial charge in [0.15, 0.2) is 0 Å². The van der Waals surface area contributed by atoms with Gasteiger partial charge in [0.05, 0.1) is 4.90 Å². The Balaban J connectivity index is 1.56. The van der Waals surface area contributed by atoms with Gasteiger partial charge >= 0.3 is 0 Å². The highest BCUT2D eigenvalue weighted by atomic mass is 32.2. The summed E-state index contributed by atoms with van der Waals surface area (Å²) in [5.41, 5.74) is 0.942. The van der Waals surface area contributed by atoms with Crippen LogP contribution in [0.2, 0.25) is 0 Å². The third kappa shape index (κ3) is 4.02. The fourth-order valence-electron chi connectivity index (χ4n) is 3.96. The van der Waals surface area contributed by atoms with Gasteiger partial charge in [-0.3, -0.25) is 0 Å². The number of sulfonamides is 1. The Morgan fingerprint density at radius 1 is 1.07 bits per heavy atom. The first-order valence-corrected chi connectivity index (χ1v) is 11.7. The quantitative estimate of drug-likeness (QED) is 0.759. The molecule has 0 saturated carbocycles. The molecule has 0 spiro atoms. The minimum Gasteiger partial charge on any atom is -0.419 e. The first kappa shape index (κ1) is 19.9. The summed E-state index contributed by atoms with van der Waals surface area (Å²) in [6.45, 7) is 5.00. The number of anilines is 1. The number of benzene rings is 1. The van der Waals surface area contributed by atoms with Crippen LogP contribution in [0.15, 0.2) is 33.6 Å². The van der Waals surface area contributed by atoms with E-state index >= 15 is 0 Å². The van der Waals surface area contributed by atoms with E-state index in [1.54, 1.807) is 28.6 Å². The van der Waals surface area contributed by atoms with E-state index in [-0.39, 0.29) is 10.6 Å². The Labute approximate surface area is 172 Å². The van der Waals surface area contributed by atoms with Gasteiger partial charge in [-0.1, -0.05) is 6.92 Å². The maximum atomic E-state index is 12.9. The zero-order valence-electron chi connectivity index (χ0n) is 16.7. The van der Waals surface area contributed by atoms with E-state index in [4.69, 9.17) is 4.42 Å². The molecule has 0 aliphatic carbocycles. The summed E-state index contributed by atoms with van der Waals surface area (Å²) >= 11 is 0. The van der Waals surface area contributed by atoms with Crippen LogP contribution < -0.4 is 4.90 Å². The molecule has 2 aliphatic heterocycles. The van der Waals surface area contributed by atoms with Crippen molar-refractivity contribution in [3.63, 3.8) is 0 Å². The molecule has 2 fully saturated rings. The third-order valence-corrected chi connectivity index (χ3v) is 7.75. The van der Waals surface area contributed by atoms with Crippen molar-refractivity contribution >= 4 is 15.9 Å². The Morgan fingerprint density at radius 2 is 1.72 bits per heavy atom. The molecule has 2 aliphatic rings. The molecule has 0 N–H and O–H groups in total. The van der Waals surface area contributed by atoms with Gasteiger partial charge in [-0.25, -0.2) is 8.42 Å². The first-order chi connectivity index (χ1) is 14.0. The summed E-state index contributed by atoms with van der Waals surface area (Å²) < 4.78 is 33.3. The lowest BCUT2D eigenvalue weighted by Gasteiger charge is -2.29. The minimum absolute atomic E-state index is 0.277. The second-order valence-corrected chi connectivity index (χ2v) is 9.88. The lowest BCUT2D eigenvalue weighted by Crippen LogP contribution is -2.37. The van der Waals surface area contributed by atoms with Crippen molar-refractivity contribution in [1.82, 2.24) is 9.29 Å². The second-order valence-electron chi connectivity index (χ2n) is 7.94. The van der Waals surface area contributed by atoms with Gasteiger partial charge in [-0.2, -0.15) is 14.6 Å². The van der Waals surface area contributed by atoms with Gasteiger partial charge in [0, 0.05) is 31.7 Å². The van der Waals surface area contributed by atoms with Crippen molar-refractivity contribution in [3.8, 4) is 17.5 Å². The molecule has 1 aromatic heterocycles. The average Bonchev–Trinajstić information content (AvgIpc) is 3.19. The SMILES string of the molecule is CC1CCN(S(=O)(=O)c2ccc(-c3nc(C#N)c(N4CCCCC4)o3)cc2)CC1. The molecule has 29 heavy (non-hydrogen) atoms. The van der Waals surface area contributed by atoms with Crippen LogP contribution in [0.5, 0.6) is 0 Å². The highest BCUT2D eigenvalue weighted by molar-refractivity contribution is 7.89. The molecule has 4 rings (SSSR count). The number of aromatic nitrogens is 1. The zero-order valence-corrected chi connectivity index (χ0v) is 17.5. The first-order valence-electron chi connectivity index (χ1n) is 10.3. The largest absolute Gasteiger partial charge is 0.419 e. The van der Waals surface area contributed by atoms with E-state index in [1.165, 1.54) is 6.42 Å². The number of oxazole rings is 1. The Kier molecular flexibility index (Phi) is 5.61. The van der Waals surface area contributed by atoms with Crippen LogP contribution in [0.3, 0.4) is 0 Å². The third-order valence-electron chi connectivity index (χ3n) is 5.84. The van der Waals surface area contributed by atoms with Gasteiger partial charge in [-0.15, -0.1) is 0 Å². The van der Waals surface area contributed by atoms with Gasteiger partial charge in [0.2, 0.25) is 27.5 Å². The predicted octanol–water partition coefficient (Wildman–Crippen LogP) is 3.62. The van der Waals surface area contributed by atoms with Crippen LogP contribution in [0.4, 0.5) is 5.88 Å². The molecule has 1 aromatic carbocycles. The van der Waals surface area contributed by atoms with Crippen LogP contribution in [0.25, 0.3) is 11.5 Å². The van der Waals surface area contributed by atoms with E-state index in [0.29, 0.717) is 36.3 Å². The summed E-state index contributed by atoms with van der Waals surface area (Å²) in [5, 5.41) is 9.44.